The summed E-state index contributed by atoms with van der Waals surface area (Å²) < 4.78 is 1.12. The van der Waals surface area contributed by atoms with Gasteiger partial charge in [-0.05, 0) is 35.0 Å². The van der Waals surface area contributed by atoms with Gasteiger partial charge in [0.2, 0.25) is 0 Å². The molecule has 0 aliphatic heterocycles. The highest BCUT2D eigenvalue weighted by Gasteiger charge is 2.21. The van der Waals surface area contributed by atoms with E-state index in [2.05, 4.69) is 63.5 Å². The standard InChI is InChI=1S/C14H20BrN5S/c1-8-11(17-7-9-5-6-10(15)21-9)18-13(14(2,3)4)19-12(8)20-16/h5-6H,7,16H2,1-4H3,(H2,17,18,19,20). The molecule has 4 N–H and O–H groups in total. The van der Waals surface area contributed by atoms with Crippen molar-refractivity contribution in [3.8, 4) is 0 Å². The Kier molecular flexibility index (Phi) is 4.85. The molecule has 21 heavy (non-hydrogen) atoms. The number of rotatable bonds is 4. The van der Waals surface area contributed by atoms with Crippen molar-refractivity contribution in [1.29, 1.82) is 0 Å². The average molecular weight is 370 g/mol. The van der Waals surface area contributed by atoms with Crippen LogP contribution in [0.1, 0.15) is 37.0 Å². The van der Waals surface area contributed by atoms with Crippen LogP contribution in [0.2, 0.25) is 0 Å². The molecule has 5 nitrogen and oxygen atoms in total. The van der Waals surface area contributed by atoms with Crippen molar-refractivity contribution in [3.63, 3.8) is 0 Å². The Morgan fingerprint density at radius 1 is 1.24 bits per heavy atom. The van der Waals surface area contributed by atoms with Gasteiger partial charge >= 0.3 is 0 Å². The zero-order valence-electron chi connectivity index (χ0n) is 12.6. The predicted octanol–water partition coefficient (Wildman–Crippen LogP) is 3.80. The Hall–Kier alpha value is -1.18. The molecular weight excluding hydrogens is 350 g/mol. The van der Waals surface area contributed by atoms with Gasteiger partial charge in [-0.3, -0.25) is 0 Å². The zero-order chi connectivity index (χ0) is 15.6. The van der Waals surface area contributed by atoms with E-state index in [1.54, 1.807) is 11.3 Å². The molecular formula is C14H20BrN5S. The number of halogens is 1. The highest BCUT2D eigenvalue weighted by Crippen LogP contribution is 2.27. The number of nitrogens with one attached hydrogen (secondary N) is 2. The lowest BCUT2D eigenvalue weighted by molar-refractivity contribution is 0.546. The van der Waals surface area contributed by atoms with E-state index in [0.29, 0.717) is 5.82 Å². The fraction of sp³-hybridized carbons (Fsp3) is 0.429. The highest BCUT2D eigenvalue weighted by molar-refractivity contribution is 9.11. The third-order valence-corrected chi connectivity index (χ3v) is 4.64. The number of nitrogens with two attached hydrogens (primary N) is 1. The summed E-state index contributed by atoms with van der Waals surface area (Å²) in [6, 6.07) is 4.13. The Bertz CT molecular complexity index is 633. The van der Waals surface area contributed by atoms with Crippen LogP contribution in [0.25, 0.3) is 0 Å². The highest BCUT2D eigenvalue weighted by atomic mass is 79.9. The average Bonchev–Trinajstić information content (AvgIpc) is 2.82. The van der Waals surface area contributed by atoms with Crippen molar-refractivity contribution < 1.29 is 0 Å². The van der Waals surface area contributed by atoms with Gasteiger partial charge in [-0.15, -0.1) is 11.3 Å². The van der Waals surface area contributed by atoms with Gasteiger partial charge in [0.1, 0.15) is 17.5 Å². The maximum absolute atomic E-state index is 5.57. The molecule has 0 fully saturated rings. The second-order valence-corrected chi connectivity index (χ2v) is 8.37. The van der Waals surface area contributed by atoms with Crippen molar-refractivity contribution in [2.24, 2.45) is 5.84 Å². The summed E-state index contributed by atoms with van der Waals surface area (Å²) in [5, 5.41) is 3.37. The second-order valence-electron chi connectivity index (χ2n) is 5.82. The molecule has 0 saturated heterocycles. The Morgan fingerprint density at radius 3 is 2.43 bits per heavy atom. The van der Waals surface area contributed by atoms with E-state index in [1.165, 1.54) is 4.88 Å². The van der Waals surface area contributed by atoms with Crippen LogP contribution in [-0.4, -0.2) is 9.97 Å². The molecule has 7 heteroatoms. The SMILES string of the molecule is Cc1c(NN)nc(C(C)(C)C)nc1NCc1ccc(Br)s1. The summed E-state index contributed by atoms with van der Waals surface area (Å²) >= 11 is 5.17. The molecule has 2 aromatic rings. The summed E-state index contributed by atoms with van der Waals surface area (Å²) in [6.45, 7) is 8.92. The first-order valence-corrected chi connectivity index (χ1v) is 8.26. The Morgan fingerprint density at radius 2 is 1.90 bits per heavy atom. The van der Waals surface area contributed by atoms with Crippen LogP contribution in [0.3, 0.4) is 0 Å². The van der Waals surface area contributed by atoms with Gasteiger partial charge in [-0.25, -0.2) is 15.8 Å². The molecule has 0 atom stereocenters. The van der Waals surface area contributed by atoms with Crippen molar-refractivity contribution >= 4 is 38.9 Å². The lowest BCUT2D eigenvalue weighted by Crippen LogP contribution is -2.21. The van der Waals surface area contributed by atoms with Crippen LogP contribution in [-0.2, 0) is 12.0 Å². The molecule has 0 aliphatic carbocycles. The molecule has 114 valence electrons. The first-order chi connectivity index (χ1) is 9.81. The van der Waals surface area contributed by atoms with Crippen molar-refractivity contribution in [3.05, 3.63) is 32.2 Å². The second kappa shape index (κ2) is 6.29. The van der Waals surface area contributed by atoms with E-state index < -0.39 is 0 Å². The fourth-order valence-corrected chi connectivity index (χ4v) is 3.21. The molecule has 2 heterocycles. The molecule has 0 aliphatic rings. The van der Waals surface area contributed by atoms with E-state index in [1.807, 2.05) is 13.0 Å². The quantitative estimate of drug-likeness (QED) is 0.564. The van der Waals surface area contributed by atoms with Crippen LogP contribution < -0.4 is 16.6 Å². The number of hydrazine groups is 1. The number of hydrogen-bond donors (Lipinski definition) is 3. The van der Waals surface area contributed by atoms with Gasteiger partial charge < -0.3 is 10.7 Å². The zero-order valence-corrected chi connectivity index (χ0v) is 15.0. The topological polar surface area (TPSA) is 75.9 Å². The monoisotopic (exact) mass is 369 g/mol. The van der Waals surface area contributed by atoms with E-state index >= 15 is 0 Å². The molecule has 0 unspecified atom stereocenters. The van der Waals surface area contributed by atoms with Crippen molar-refractivity contribution in [1.82, 2.24) is 9.97 Å². The van der Waals surface area contributed by atoms with Gasteiger partial charge in [0.15, 0.2) is 0 Å². The summed E-state index contributed by atoms with van der Waals surface area (Å²) in [5.74, 6) is 7.80. The maximum Gasteiger partial charge on any atom is 0.148 e. The first kappa shape index (κ1) is 16.2. The molecule has 0 radical (unpaired) electrons. The van der Waals surface area contributed by atoms with Crippen LogP contribution in [0.15, 0.2) is 15.9 Å². The number of hydrogen-bond acceptors (Lipinski definition) is 6. The minimum absolute atomic E-state index is 0.137. The third-order valence-electron chi connectivity index (χ3n) is 3.01. The predicted molar refractivity (Wildman–Crippen MR) is 92.6 cm³/mol. The number of aromatic nitrogens is 2. The Balaban J connectivity index is 2.28. The van der Waals surface area contributed by atoms with Crippen LogP contribution in [0.4, 0.5) is 11.6 Å². The van der Waals surface area contributed by atoms with Crippen LogP contribution >= 0.6 is 27.3 Å². The van der Waals surface area contributed by atoms with Crippen molar-refractivity contribution in [2.75, 3.05) is 10.7 Å². The van der Waals surface area contributed by atoms with Gasteiger partial charge in [0, 0.05) is 15.9 Å². The normalized spacial score (nSPS) is 11.5. The van der Waals surface area contributed by atoms with Crippen LogP contribution in [0, 0.1) is 6.92 Å². The van der Waals surface area contributed by atoms with E-state index in [-0.39, 0.29) is 5.41 Å². The molecule has 2 rings (SSSR count). The van der Waals surface area contributed by atoms with Gasteiger partial charge in [-0.1, -0.05) is 20.8 Å². The van der Waals surface area contributed by atoms with E-state index in [9.17, 15) is 0 Å². The molecule has 2 aromatic heterocycles. The smallest absolute Gasteiger partial charge is 0.148 e. The number of nitrogens with zero attached hydrogens (tertiary/aromatic N) is 2. The first-order valence-electron chi connectivity index (χ1n) is 6.65. The lowest BCUT2D eigenvalue weighted by Gasteiger charge is -2.20. The number of anilines is 2. The van der Waals surface area contributed by atoms with Gasteiger partial charge in [0.25, 0.3) is 0 Å². The van der Waals surface area contributed by atoms with Crippen molar-refractivity contribution in [2.45, 2.75) is 39.7 Å². The lowest BCUT2D eigenvalue weighted by atomic mass is 9.95. The summed E-state index contributed by atoms with van der Waals surface area (Å²) in [7, 11) is 0. The number of nitrogen functional groups attached to an aromatic ring is 1. The Labute approximate surface area is 137 Å². The summed E-state index contributed by atoms with van der Waals surface area (Å²) in [6.07, 6.45) is 0. The van der Waals surface area contributed by atoms with Gasteiger partial charge in [-0.2, -0.15) is 0 Å². The largest absolute Gasteiger partial charge is 0.365 e. The van der Waals surface area contributed by atoms with E-state index in [0.717, 1.165) is 27.5 Å². The van der Waals surface area contributed by atoms with Crippen LogP contribution in [0.5, 0.6) is 0 Å². The molecule has 0 saturated carbocycles. The van der Waals surface area contributed by atoms with Gasteiger partial charge in [0.05, 0.1) is 10.3 Å². The summed E-state index contributed by atoms with van der Waals surface area (Å²) in [4.78, 5) is 10.4. The molecule has 0 spiro atoms. The minimum Gasteiger partial charge on any atom is -0.365 e. The fourth-order valence-electron chi connectivity index (χ4n) is 1.78. The third kappa shape index (κ3) is 3.93. The molecule has 0 amide bonds. The number of thiophene rings is 1. The summed E-state index contributed by atoms with van der Waals surface area (Å²) in [5.41, 5.74) is 3.43. The van der Waals surface area contributed by atoms with E-state index in [4.69, 9.17) is 5.84 Å². The molecule has 0 bridgehead atoms. The minimum atomic E-state index is -0.137. The maximum atomic E-state index is 5.57. The molecule has 0 aromatic carbocycles.